The van der Waals surface area contributed by atoms with Gasteiger partial charge in [0.25, 0.3) is 5.91 Å². The smallest absolute Gasteiger partial charge is 0.325 e. The Morgan fingerprint density at radius 2 is 2.28 bits per heavy atom. The molecule has 1 rings (SSSR count). The monoisotopic (exact) mass is 266 g/mol. The summed E-state index contributed by atoms with van der Waals surface area (Å²) in [4.78, 5) is 22.7. The fourth-order valence-electron chi connectivity index (χ4n) is 1.23. The zero-order valence-corrected chi connectivity index (χ0v) is 10.4. The van der Waals surface area contributed by atoms with E-state index in [9.17, 15) is 9.59 Å². The molecule has 1 atom stereocenters. The zero-order valence-electron chi connectivity index (χ0n) is 9.64. The van der Waals surface area contributed by atoms with Gasteiger partial charge < -0.3 is 10.1 Å². The van der Waals surface area contributed by atoms with Gasteiger partial charge in [0.1, 0.15) is 5.38 Å². The van der Waals surface area contributed by atoms with Gasteiger partial charge in [-0.25, -0.2) is 0 Å². The van der Waals surface area contributed by atoms with Crippen molar-refractivity contribution >= 4 is 23.5 Å². The number of benzene rings is 1. The highest BCUT2D eigenvalue weighted by molar-refractivity contribution is 6.30. The first-order valence-electron chi connectivity index (χ1n) is 5.08. The van der Waals surface area contributed by atoms with Crippen molar-refractivity contribution in [3.63, 3.8) is 0 Å². The molecule has 1 aromatic carbocycles. The summed E-state index contributed by atoms with van der Waals surface area (Å²) in [5, 5.41) is 10.3. The van der Waals surface area contributed by atoms with E-state index in [0.717, 1.165) is 0 Å². The van der Waals surface area contributed by atoms with Crippen LogP contribution < -0.4 is 5.32 Å². The minimum absolute atomic E-state index is 0.0379. The topological polar surface area (TPSA) is 79.2 Å². The molecule has 0 aliphatic heterocycles. The minimum atomic E-state index is -0.932. The highest BCUT2D eigenvalue weighted by atomic mass is 35.5. The predicted molar refractivity (Wildman–Crippen MR) is 65.1 cm³/mol. The minimum Gasteiger partial charge on any atom is -0.468 e. The molecule has 1 unspecified atom stereocenters. The maximum Gasteiger partial charge on any atom is 0.325 e. The largest absolute Gasteiger partial charge is 0.468 e. The number of rotatable bonds is 4. The molecule has 0 radical (unpaired) electrons. The molecule has 5 nitrogen and oxygen atoms in total. The van der Waals surface area contributed by atoms with Crippen LogP contribution in [0.2, 0.25) is 0 Å². The number of halogens is 1. The number of amides is 1. The average molecular weight is 267 g/mol. The second-order valence-corrected chi connectivity index (χ2v) is 3.92. The quantitative estimate of drug-likeness (QED) is 0.653. The van der Waals surface area contributed by atoms with E-state index >= 15 is 0 Å². The van der Waals surface area contributed by atoms with Crippen LogP contribution in [0, 0.1) is 11.3 Å². The maximum atomic E-state index is 11.7. The van der Waals surface area contributed by atoms with Crippen LogP contribution in [-0.2, 0) is 9.53 Å². The molecule has 6 heteroatoms. The van der Waals surface area contributed by atoms with Crippen LogP contribution in [-0.4, -0.2) is 30.9 Å². The van der Waals surface area contributed by atoms with Crippen molar-refractivity contribution in [3.8, 4) is 6.07 Å². The number of nitrogens with zero attached hydrogens (tertiary/aromatic N) is 1. The van der Waals surface area contributed by atoms with Gasteiger partial charge in [-0.3, -0.25) is 9.59 Å². The van der Waals surface area contributed by atoms with Gasteiger partial charge in [0.05, 0.1) is 18.7 Å². The van der Waals surface area contributed by atoms with E-state index in [1.54, 1.807) is 18.2 Å². The molecular formula is C12H11ClN2O3. The molecular weight excluding hydrogens is 256 g/mol. The van der Waals surface area contributed by atoms with E-state index in [2.05, 4.69) is 10.1 Å². The summed E-state index contributed by atoms with van der Waals surface area (Å²) in [6.45, 7) is -0.0379. The lowest BCUT2D eigenvalue weighted by atomic mass is 10.1. The average Bonchev–Trinajstić information content (AvgIpc) is 2.43. The SMILES string of the molecule is COC(=O)C(Cl)CNC(=O)c1cccc(C#N)c1. The number of hydrogen-bond acceptors (Lipinski definition) is 4. The van der Waals surface area contributed by atoms with Crippen molar-refractivity contribution in [2.24, 2.45) is 0 Å². The molecule has 0 aromatic heterocycles. The van der Waals surface area contributed by atoms with Crippen molar-refractivity contribution in [2.75, 3.05) is 13.7 Å². The van der Waals surface area contributed by atoms with E-state index in [0.29, 0.717) is 11.1 Å². The standard InChI is InChI=1S/C12H11ClN2O3/c1-18-12(17)10(13)7-15-11(16)9-4-2-3-8(5-9)6-14/h2-5,10H,7H2,1H3,(H,15,16). The van der Waals surface area contributed by atoms with Crippen LogP contribution >= 0.6 is 11.6 Å². The Bertz CT molecular complexity index is 496. The summed E-state index contributed by atoms with van der Waals surface area (Å²) < 4.78 is 4.42. The molecule has 0 heterocycles. The van der Waals surface area contributed by atoms with Gasteiger partial charge in [0.2, 0.25) is 0 Å². The Balaban J connectivity index is 2.61. The normalized spacial score (nSPS) is 11.2. The molecule has 0 fully saturated rings. The van der Waals surface area contributed by atoms with Gasteiger partial charge in [-0.05, 0) is 18.2 Å². The molecule has 0 aliphatic carbocycles. The summed E-state index contributed by atoms with van der Waals surface area (Å²) in [6, 6.07) is 8.15. The summed E-state index contributed by atoms with van der Waals surface area (Å²) in [6.07, 6.45) is 0. The Hall–Kier alpha value is -2.06. The molecule has 18 heavy (non-hydrogen) atoms. The number of nitriles is 1. The molecule has 1 aromatic rings. The third-order valence-corrected chi connectivity index (χ3v) is 2.49. The second kappa shape index (κ2) is 6.62. The number of carbonyl (C=O) groups is 2. The van der Waals surface area contributed by atoms with Crippen LogP contribution in [0.3, 0.4) is 0 Å². The number of nitrogens with one attached hydrogen (secondary N) is 1. The van der Waals surface area contributed by atoms with E-state index in [1.807, 2.05) is 6.07 Å². The lowest BCUT2D eigenvalue weighted by Gasteiger charge is -2.09. The second-order valence-electron chi connectivity index (χ2n) is 3.39. The lowest BCUT2D eigenvalue weighted by Crippen LogP contribution is -2.34. The zero-order chi connectivity index (χ0) is 13.5. The van der Waals surface area contributed by atoms with Crippen molar-refractivity contribution in [3.05, 3.63) is 35.4 Å². The maximum absolute atomic E-state index is 11.7. The van der Waals surface area contributed by atoms with Gasteiger partial charge >= 0.3 is 5.97 Å². The van der Waals surface area contributed by atoms with E-state index < -0.39 is 17.3 Å². The van der Waals surface area contributed by atoms with Crippen LogP contribution in [0.25, 0.3) is 0 Å². The van der Waals surface area contributed by atoms with Gasteiger partial charge in [-0.2, -0.15) is 5.26 Å². The van der Waals surface area contributed by atoms with Gasteiger partial charge in [-0.1, -0.05) is 6.07 Å². The van der Waals surface area contributed by atoms with Crippen LogP contribution in [0.1, 0.15) is 15.9 Å². The Labute approximate surface area is 109 Å². The first kappa shape index (κ1) is 14.0. The van der Waals surface area contributed by atoms with Crippen molar-refractivity contribution in [2.45, 2.75) is 5.38 Å². The van der Waals surface area contributed by atoms with Crippen LogP contribution in [0.4, 0.5) is 0 Å². The summed E-state index contributed by atoms with van der Waals surface area (Å²) in [5.74, 6) is -1.01. The lowest BCUT2D eigenvalue weighted by molar-refractivity contribution is -0.140. The summed E-state index contributed by atoms with van der Waals surface area (Å²) in [7, 11) is 1.22. The molecule has 94 valence electrons. The number of esters is 1. The fraction of sp³-hybridized carbons (Fsp3) is 0.250. The highest BCUT2D eigenvalue weighted by Gasteiger charge is 2.17. The number of carbonyl (C=O) groups excluding carboxylic acids is 2. The van der Waals surface area contributed by atoms with Gasteiger partial charge in [0.15, 0.2) is 0 Å². The Morgan fingerprint density at radius 1 is 1.56 bits per heavy atom. The predicted octanol–water partition coefficient (Wildman–Crippen LogP) is 1.07. The fourth-order valence-corrected chi connectivity index (χ4v) is 1.39. The number of hydrogen-bond donors (Lipinski definition) is 1. The molecule has 0 aliphatic rings. The molecule has 0 spiro atoms. The van der Waals surface area contributed by atoms with Crippen molar-refractivity contribution in [1.29, 1.82) is 5.26 Å². The molecule has 0 saturated carbocycles. The van der Waals surface area contributed by atoms with E-state index in [-0.39, 0.29) is 6.54 Å². The van der Waals surface area contributed by atoms with Crippen LogP contribution in [0.5, 0.6) is 0 Å². The highest BCUT2D eigenvalue weighted by Crippen LogP contribution is 2.04. The number of alkyl halides is 1. The molecule has 1 amide bonds. The summed E-state index contributed by atoms with van der Waals surface area (Å²) in [5.41, 5.74) is 0.723. The molecule has 0 saturated heterocycles. The van der Waals surface area contributed by atoms with E-state index in [1.165, 1.54) is 13.2 Å². The van der Waals surface area contributed by atoms with Gasteiger partial charge in [0, 0.05) is 12.1 Å². The Kier molecular flexibility index (Phi) is 5.15. The number of ether oxygens (including phenoxy) is 1. The van der Waals surface area contributed by atoms with Crippen molar-refractivity contribution < 1.29 is 14.3 Å². The van der Waals surface area contributed by atoms with Crippen molar-refractivity contribution in [1.82, 2.24) is 5.32 Å². The Morgan fingerprint density at radius 3 is 2.89 bits per heavy atom. The third-order valence-electron chi connectivity index (χ3n) is 2.15. The molecule has 0 bridgehead atoms. The number of methoxy groups -OCH3 is 1. The third kappa shape index (κ3) is 3.75. The first-order valence-corrected chi connectivity index (χ1v) is 5.52. The van der Waals surface area contributed by atoms with E-state index in [4.69, 9.17) is 16.9 Å². The van der Waals surface area contributed by atoms with Crippen LogP contribution in [0.15, 0.2) is 24.3 Å². The first-order chi connectivity index (χ1) is 8.58. The van der Waals surface area contributed by atoms with Gasteiger partial charge in [-0.15, -0.1) is 11.6 Å². The summed E-state index contributed by atoms with van der Waals surface area (Å²) >= 11 is 5.68. The molecule has 1 N–H and O–H groups in total.